The van der Waals surface area contributed by atoms with Crippen molar-refractivity contribution in [2.45, 2.75) is 23.9 Å². The number of methoxy groups -OCH3 is 1. The molecule has 0 fully saturated rings. The normalized spacial score (nSPS) is 18.1. The molecule has 0 saturated carbocycles. The summed E-state index contributed by atoms with van der Waals surface area (Å²) < 4.78 is 7.05. The van der Waals surface area contributed by atoms with Gasteiger partial charge in [-0.25, -0.2) is 4.68 Å². The van der Waals surface area contributed by atoms with Gasteiger partial charge in [0.25, 0.3) is 0 Å². The molecule has 4 rings (SSSR count). The fourth-order valence-electron chi connectivity index (χ4n) is 2.78. The highest BCUT2D eigenvalue weighted by Crippen LogP contribution is 2.52. The van der Waals surface area contributed by atoms with Crippen LogP contribution in [0.25, 0.3) is 0 Å². The highest BCUT2D eigenvalue weighted by Gasteiger charge is 2.40. The van der Waals surface area contributed by atoms with Crippen LogP contribution in [0.4, 0.5) is 5.69 Å². The van der Waals surface area contributed by atoms with Gasteiger partial charge in [-0.1, -0.05) is 18.7 Å². The zero-order chi connectivity index (χ0) is 17.7. The molecule has 1 atom stereocenters. The number of aromatic hydroxyl groups is 1. The number of hydrogen-bond donors (Lipinski definition) is 1. The Morgan fingerprint density at radius 3 is 2.92 bits per heavy atom. The molecule has 0 radical (unpaired) electrons. The molecule has 0 spiro atoms. The van der Waals surface area contributed by atoms with Gasteiger partial charge in [0.2, 0.25) is 10.9 Å². The van der Waals surface area contributed by atoms with Crippen molar-refractivity contribution in [2.24, 2.45) is 0 Å². The third-order valence-electron chi connectivity index (χ3n) is 3.93. The third-order valence-corrected chi connectivity index (χ3v) is 6.12. The Morgan fingerprint density at radius 1 is 1.44 bits per heavy atom. The highest BCUT2D eigenvalue weighted by atomic mass is 32.2. The number of nitro groups is 1. The Bertz CT molecular complexity index is 913. The maximum atomic E-state index is 11.3. The molecule has 3 heterocycles. The lowest BCUT2D eigenvalue weighted by atomic mass is 10.1. The van der Waals surface area contributed by atoms with Gasteiger partial charge in [-0.3, -0.25) is 15.1 Å². The lowest BCUT2D eigenvalue weighted by Gasteiger charge is -2.26. The van der Waals surface area contributed by atoms with E-state index in [1.807, 2.05) is 22.0 Å². The first-order valence-corrected chi connectivity index (χ1v) is 9.13. The summed E-state index contributed by atoms with van der Waals surface area (Å²) in [4.78, 5) is 10.7. The average molecular weight is 379 g/mol. The number of aryl methyl sites for hydroxylation is 1. The summed E-state index contributed by atoms with van der Waals surface area (Å²) in [7, 11) is 1.37. The molecule has 1 aromatic heterocycles. The van der Waals surface area contributed by atoms with Crippen LogP contribution in [0.15, 0.2) is 27.7 Å². The van der Waals surface area contributed by atoms with Crippen LogP contribution in [0, 0.1) is 10.1 Å². The van der Waals surface area contributed by atoms with E-state index in [1.54, 1.807) is 6.07 Å². The first-order valence-electron chi connectivity index (χ1n) is 7.37. The SMILES string of the molecule is CCc1nnc2n1N1C(=CSC1c1cc(OC)c(O)c([N+](=O)[O-])c1)S2. The van der Waals surface area contributed by atoms with Crippen LogP contribution >= 0.6 is 23.5 Å². The monoisotopic (exact) mass is 379 g/mol. The van der Waals surface area contributed by atoms with Gasteiger partial charge in [-0.2, -0.15) is 0 Å². The van der Waals surface area contributed by atoms with Crippen molar-refractivity contribution >= 4 is 29.2 Å². The van der Waals surface area contributed by atoms with E-state index >= 15 is 0 Å². The molecule has 0 saturated heterocycles. The number of hydrogen-bond acceptors (Lipinski definition) is 9. The van der Waals surface area contributed by atoms with Gasteiger partial charge >= 0.3 is 5.69 Å². The molecular weight excluding hydrogens is 366 g/mol. The third kappa shape index (κ3) is 2.34. The molecule has 2 aliphatic rings. The Kier molecular flexibility index (Phi) is 3.76. The fraction of sp³-hybridized carbons (Fsp3) is 0.286. The van der Waals surface area contributed by atoms with Gasteiger partial charge in [0.1, 0.15) is 10.4 Å². The van der Waals surface area contributed by atoms with Crippen molar-refractivity contribution in [2.75, 3.05) is 12.1 Å². The van der Waals surface area contributed by atoms with Crippen LogP contribution in [0.1, 0.15) is 23.7 Å². The van der Waals surface area contributed by atoms with Crippen LogP contribution in [0.2, 0.25) is 0 Å². The number of phenolic OH excluding ortho intramolecular Hbond substituents is 1. The lowest BCUT2D eigenvalue weighted by Crippen LogP contribution is -2.30. The summed E-state index contributed by atoms with van der Waals surface area (Å²) in [5, 5.41) is 35.2. The number of ether oxygens (including phenoxy) is 1. The van der Waals surface area contributed by atoms with E-state index in [0.29, 0.717) is 12.0 Å². The van der Waals surface area contributed by atoms with Crippen molar-refractivity contribution in [1.82, 2.24) is 14.9 Å². The summed E-state index contributed by atoms with van der Waals surface area (Å²) in [5.74, 6) is 0.422. The molecule has 1 N–H and O–H groups in total. The second kappa shape index (κ2) is 5.85. The average Bonchev–Trinajstić information content (AvgIpc) is 3.25. The van der Waals surface area contributed by atoms with Crippen LogP contribution in [-0.4, -0.2) is 32.0 Å². The molecule has 0 bridgehead atoms. The van der Waals surface area contributed by atoms with Crippen LogP contribution in [-0.2, 0) is 6.42 Å². The van der Waals surface area contributed by atoms with Crippen molar-refractivity contribution in [1.29, 1.82) is 0 Å². The molecule has 25 heavy (non-hydrogen) atoms. The molecule has 1 unspecified atom stereocenters. The second-order valence-electron chi connectivity index (χ2n) is 5.30. The van der Waals surface area contributed by atoms with E-state index in [9.17, 15) is 15.2 Å². The number of fused-ring (bicyclic) bond motifs is 3. The minimum Gasteiger partial charge on any atom is -0.500 e. The molecule has 0 aliphatic carbocycles. The topological polar surface area (TPSA) is 107 Å². The summed E-state index contributed by atoms with van der Waals surface area (Å²) in [6, 6.07) is 3.00. The number of aromatic nitrogens is 3. The van der Waals surface area contributed by atoms with Gasteiger partial charge in [-0.05, 0) is 23.4 Å². The number of nitrogens with zero attached hydrogens (tertiary/aromatic N) is 5. The maximum Gasteiger partial charge on any atom is 0.315 e. The van der Waals surface area contributed by atoms with Crippen molar-refractivity contribution in [3.05, 3.63) is 44.1 Å². The summed E-state index contributed by atoms with van der Waals surface area (Å²) in [5.41, 5.74) is 0.275. The van der Waals surface area contributed by atoms with Gasteiger partial charge < -0.3 is 9.84 Å². The number of nitro benzene ring substituents is 1. The number of benzene rings is 1. The van der Waals surface area contributed by atoms with Crippen molar-refractivity contribution in [3.8, 4) is 11.5 Å². The summed E-state index contributed by atoms with van der Waals surface area (Å²) in [6.45, 7) is 2.00. The molecule has 1 aromatic carbocycles. The summed E-state index contributed by atoms with van der Waals surface area (Å²) >= 11 is 3.03. The van der Waals surface area contributed by atoms with Gasteiger partial charge in [0.05, 0.1) is 12.0 Å². The predicted molar refractivity (Wildman–Crippen MR) is 93.2 cm³/mol. The standard InChI is InChI=1S/C14H13N5O4S2/c1-3-10-15-16-14-17(10)18-11(25-14)6-24-13(18)7-4-8(19(21)22)12(20)9(5-7)23-2/h4-6,13,20H,3H2,1-2H3. The second-order valence-corrected chi connectivity index (χ2v) is 7.25. The maximum absolute atomic E-state index is 11.3. The van der Waals surface area contributed by atoms with Crippen molar-refractivity contribution < 1.29 is 14.8 Å². The minimum absolute atomic E-state index is 0.0739. The number of rotatable bonds is 4. The predicted octanol–water partition coefficient (Wildman–Crippen LogP) is 2.75. The smallest absolute Gasteiger partial charge is 0.315 e. The van der Waals surface area contributed by atoms with E-state index in [-0.39, 0.29) is 16.8 Å². The Balaban J connectivity index is 1.81. The Hall–Kier alpha value is -2.40. The van der Waals surface area contributed by atoms with Crippen LogP contribution < -0.4 is 9.75 Å². The Labute approximate surface area is 150 Å². The molecule has 0 amide bonds. The first-order chi connectivity index (χ1) is 12.0. The highest BCUT2D eigenvalue weighted by molar-refractivity contribution is 8.07. The molecular formula is C14H13N5O4S2. The Morgan fingerprint density at radius 2 is 2.24 bits per heavy atom. The zero-order valence-corrected chi connectivity index (χ0v) is 14.9. The zero-order valence-electron chi connectivity index (χ0n) is 13.2. The van der Waals surface area contributed by atoms with Gasteiger partial charge in [0.15, 0.2) is 11.6 Å². The van der Waals surface area contributed by atoms with Crippen LogP contribution in [0.3, 0.4) is 0 Å². The van der Waals surface area contributed by atoms with Crippen LogP contribution in [0.5, 0.6) is 11.5 Å². The fourth-order valence-corrected chi connectivity index (χ4v) is 5.01. The molecule has 9 nitrogen and oxygen atoms in total. The van der Waals surface area contributed by atoms with E-state index < -0.39 is 10.7 Å². The molecule has 2 aromatic rings. The van der Waals surface area contributed by atoms with Crippen molar-refractivity contribution in [3.63, 3.8) is 0 Å². The van der Waals surface area contributed by atoms with E-state index in [2.05, 4.69) is 10.2 Å². The largest absolute Gasteiger partial charge is 0.500 e. The molecule has 130 valence electrons. The first kappa shape index (κ1) is 16.1. The molecule has 2 aliphatic heterocycles. The number of phenols is 1. The van der Waals surface area contributed by atoms with E-state index in [4.69, 9.17) is 4.74 Å². The quantitative estimate of drug-likeness (QED) is 0.634. The van der Waals surface area contributed by atoms with E-state index in [0.717, 1.165) is 16.0 Å². The van der Waals surface area contributed by atoms with E-state index in [1.165, 1.54) is 36.7 Å². The minimum atomic E-state index is -0.615. The van der Waals surface area contributed by atoms with Gasteiger partial charge in [-0.15, -0.1) is 10.2 Å². The summed E-state index contributed by atoms with van der Waals surface area (Å²) in [6.07, 6.45) is 0.716. The molecule has 11 heteroatoms. The van der Waals surface area contributed by atoms with Gasteiger partial charge in [0, 0.05) is 17.9 Å². The number of thioether (sulfide) groups is 2. The lowest BCUT2D eigenvalue weighted by molar-refractivity contribution is -0.386.